The number of methoxy groups -OCH3 is 1. The van der Waals surface area contributed by atoms with Crippen molar-refractivity contribution in [3.05, 3.63) is 24.3 Å². The van der Waals surface area contributed by atoms with Gasteiger partial charge in [-0.2, -0.15) is 0 Å². The van der Waals surface area contributed by atoms with E-state index in [4.69, 9.17) is 15.9 Å². The highest BCUT2D eigenvalue weighted by molar-refractivity contribution is 5.81. The number of benzene rings is 1. The van der Waals surface area contributed by atoms with Crippen molar-refractivity contribution >= 4 is 11.6 Å². The van der Waals surface area contributed by atoms with Crippen LogP contribution in [0.2, 0.25) is 0 Å². The maximum atomic E-state index is 12.1. The summed E-state index contributed by atoms with van der Waals surface area (Å²) >= 11 is 0. The van der Waals surface area contributed by atoms with Crippen LogP contribution in [-0.4, -0.2) is 80.6 Å². The first kappa shape index (κ1) is 21.4. The molecule has 2 aliphatic heterocycles. The number of anilines is 1. The normalized spacial score (nSPS) is 25.3. The molecular formula is C22H31N3O4. The first-order chi connectivity index (χ1) is 14.1. The molecule has 1 aromatic carbocycles. The van der Waals surface area contributed by atoms with E-state index in [0.717, 1.165) is 57.0 Å². The standard InChI is InChI=1S/C22H31N3O4/c1-3-11-23-22(27)21-19(26)9-8-17(29-21)10-12-24-13-15-25(16-14-24)18-6-4-5-7-20(18)28-2/h1,4-7,17,19,21,26H,8-16H2,2H3,(H,23,27)/t17-,19-,21-/m0/s1. The van der Waals surface area contributed by atoms with Crippen LogP contribution in [0.3, 0.4) is 0 Å². The third kappa shape index (κ3) is 5.63. The van der Waals surface area contributed by atoms with Gasteiger partial charge < -0.3 is 24.8 Å². The second-order valence-electron chi connectivity index (χ2n) is 7.53. The number of rotatable bonds is 7. The van der Waals surface area contributed by atoms with Gasteiger partial charge in [0.2, 0.25) is 0 Å². The van der Waals surface area contributed by atoms with Crippen LogP contribution in [0.4, 0.5) is 5.69 Å². The van der Waals surface area contributed by atoms with Crippen molar-refractivity contribution in [3.63, 3.8) is 0 Å². The number of ether oxygens (including phenoxy) is 2. The minimum Gasteiger partial charge on any atom is -0.495 e. The summed E-state index contributed by atoms with van der Waals surface area (Å²) in [5.74, 6) is 2.95. The van der Waals surface area contributed by atoms with Gasteiger partial charge in [0.05, 0.1) is 31.5 Å². The molecule has 2 aliphatic rings. The van der Waals surface area contributed by atoms with E-state index in [1.807, 2.05) is 18.2 Å². The van der Waals surface area contributed by atoms with Crippen LogP contribution in [0.25, 0.3) is 0 Å². The van der Waals surface area contributed by atoms with Gasteiger partial charge in [0.15, 0.2) is 6.10 Å². The molecule has 0 unspecified atom stereocenters. The molecule has 0 spiro atoms. The molecule has 0 radical (unpaired) electrons. The maximum Gasteiger partial charge on any atom is 0.252 e. The van der Waals surface area contributed by atoms with Crippen molar-refractivity contribution in [1.29, 1.82) is 0 Å². The molecule has 3 atom stereocenters. The summed E-state index contributed by atoms with van der Waals surface area (Å²) in [5.41, 5.74) is 1.14. The molecule has 0 bridgehead atoms. The van der Waals surface area contributed by atoms with Crippen molar-refractivity contribution in [2.75, 3.05) is 51.3 Å². The van der Waals surface area contributed by atoms with Gasteiger partial charge in [-0.15, -0.1) is 6.42 Å². The number of terminal acetylenes is 1. The molecule has 2 heterocycles. The van der Waals surface area contributed by atoms with Gasteiger partial charge in [-0.1, -0.05) is 18.1 Å². The molecular weight excluding hydrogens is 370 g/mol. The van der Waals surface area contributed by atoms with E-state index < -0.39 is 12.2 Å². The lowest BCUT2D eigenvalue weighted by atomic mass is 9.98. The summed E-state index contributed by atoms with van der Waals surface area (Å²) in [6, 6.07) is 8.11. The quantitative estimate of drug-likeness (QED) is 0.661. The highest BCUT2D eigenvalue weighted by atomic mass is 16.5. The Hall–Kier alpha value is -2.27. The van der Waals surface area contributed by atoms with Crippen molar-refractivity contribution in [2.24, 2.45) is 0 Å². The number of hydrogen-bond donors (Lipinski definition) is 2. The van der Waals surface area contributed by atoms with Gasteiger partial charge >= 0.3 is 0 Å². The number of para-hydroxylation sites is 2. The zero-order chi connectivity index (χ0) is 20.6. The fraction of sp³-hybridized carbons (Fsp3) is 0.591. The molecule has 29 heavy (non-hydrogen) atoms. The van der Waals surface area contributed by atoms with Crippen LogP contribution in [0, 0.1) is 12.3 Å². The number of amides is 1. The molecule has 1 amide bonds. The Morgan fingerprint density at radius 2 is 2.07 bits per heavy atom. The summed E-state index contributed by atoms with van der Waals surface area (Å²) < 4.78 is 11.4. The Labute approximate surface area is 173 Å². The topological polar surface area (TPSA) is 74.3 Å². The lowest BCUT2D eigenvalue weighted by Gasteiger charge is -2.38. The summed E-state index contributed by atoms with van der Waals surface area (Å²) in [7, 11) is 1.70. The maximum absolute atomic E-state index is 12.1. The molecule has 0 aromatic heterocycles. The van der Waals surface area contributed by atoms with E-state index >= 15 is 0 Å². The predicted octanol–water partition coefficient (Wildman–Crippen LogP) is 0.865. The molecule has 2 fully saturated rings. The van der Waals surface area contributed by atoms with E-state index in [0.29, 0.717) is 6.42 Å². The van der Waals surface area contributed by atoms with Crippen LogP contribution in [0.5, 0.6) is 5.75 Å². The zero-order valence-corrected chi connectivity index (χ0v) is 17.0. The van der Waals surface area contributed by atoms with E-state index in [1.54, 1.807) is 7.11 Å². The average Bonchev–Trinajstić information content (AvgIpc) is 2.77. The second kappa shape index (κ2) is 10.5. The number of aliphatic hydroxyl groups is 1. The Morgan fingerprint density at radius 3 is 2.79 bits per heavy atom. The molecule has 158 valence electrons. The largest absolute Gasteiger partial charge is 0.495 e. The van der Waals surface area contributed by atoms with Crippen LogP contribution >= 0.6 is 0 Å². The molecule has 1 aromatic rings. The monoisotopic (exact) mass is 401 g/mol. The van der Waals surface area contributed by atoms with Gasteiger partial charge in [-0.25, -0.2) is 0 Å². The summed E-state index contributed by atoms with van der Waals surface area (Å²) in [6.07, 6.45) is 5.74. The zero-order valence-electron chi connectivity index (χ0n) is 17.0. The van der Waals surface area contributed by atoms with Crippen LogP contribution in [0.1, 0.15) is 19.3 Å². The third-order valence-corrected chi connectivity index (χ3v) is 5.66. The Kier molecular flexibility index (Phi) is 7.76. The van der Waals surface area contributed by atoms with Crippen molar-refractivity contribution in [3.8, 4) is 18.1 Å². The van der Waals surface area contributed by atoms with E-state index in [9.17, 15) is 9.90 Å². The summed E-state index contributed by atoms with van der Waals surface area (Å²) in [4.78, 5) is 16.9. The van der Waals surface area contributed by atoms with Gasteiger partial charge in [0.25, 0.3) is 5.91 Å². The van der Waals surface area contributed by atoms with Crippen molar-refractivity contribution < 1.29 is 19.4 Å². The van der Waals surface area contributed by atoms with Crippen LogP contribution in [0.15, 0.2) is 24.3 Å². The Balaban J connectivity index is 1.44. The van der Waals surface area contributed by atoms with Gasteiger partial charge in [0, 0.05) is 32.7 Å². The smallest absolute Gasteiger partial charge is 0.252 e. The number of piperazine rings is 1. The van der Waals surface area contributed by atoms with E-state index in [-0.39, 0.29) is 18.6 Å². The number of aliphatic hydroxyl groups excluding tert-OH is 1. The third-order valence-electron chi connectivity index (χ3n) is 5.66. The Bertz CT molecular complexity index is 712. The number of carbonyl (C=O) groups is 1. The first-order valence-electron chi connectivity index (χ1n) is 10.3. The minimum absolute atomic E-state index is 0.0211. The highest BCUT2D eigenvalue weighted by Crippen LogP contribution is 2.28. The number of hydrogen-bond acceptors (Lipinski definition) is 6. The van der Waals surface area contributed by atoms with Crippen molar-refractivity contribution in [2.45, 2.75) is 37.6 Å². The van der Waals surface area contributed by atoms with Gasteiger partial charge in [-0.3, -0.25) is 9.69 Å². The Morgan fingerprint density at radius 1 is 1.31 bits per heavy atom. The minimum atomic E-state index is -0.829. The van der Waals surface area contributed by atoms with E-state index in [2.05, 4.69) is 27.1 Å². The van der Waals surface area contributed by atoms with Crippen molar-refractivity contribution in [1.82, 2.24) is 10.2 Å². The second-order valence-corrected chi connectivity index (χ2v) is 7.53. The molecule has 0 saturated carbocycles. The highest BCUT2D eigenvalue weighted by Gasteiger charge is 2.35. The van der Waals surface area contributed by atoms with Crippen LogP contribution in [-0.2, 0) is 9.53 Å². The number of nitrogens with one attached hydrogen (secondary N) is 1. The molecule has 3 rings (SSSR count). The first-order valence-corrected chi connectivity index (χ1v) is 10.3. The summed E-state index contributed by atoms with van der Waals surface area (Å²) in [6.45, 7) is 4.90. The summed E-state index contributed by atoms with van der Waals surface area (Å²) in [5, 5.41) is 12.7. The number of carbonyl (C=O) groups excluding carboxylic acids is 1. The van der Waals surface area contributed by atoms with Gasteiger partial charge in [0.1, 0.15) is 5.75 Å². The molecule has 2 saturated heterocycles. The molecule has 0 aliphatic carbocycles. The lowest BCUT2D eigenvalue weighted by Crippen LogP contribution is -2.50. The fourth-order valence-electron chi connectivity index (χ4n) is 3.99. The lowest BCUT2D eigenvalue weighted by molar-refractivity contribution is -0.158. The van der Waals surface area contributed by atoms with E-state index in [1.165, 1.54) is 0 Å². The predicted molar refractivity (Wildman–Crippen MR) is 112 cm³/mol. The molecule has 7 nitrogen and oxygen atoms in total. The SMILES string of the molecule is C#CCNC(=O)[C@H]1O[C@H](CCN2CCN(c3ccccc3OC)CC2)CC[C@@H]1O. The molecule has 7 heteroatoms. The van der Waals surface area contributed by atoms with Crippen LogP contribution < -0.4 is 15.0 Å². The number of nitrogens with zero attached hydrogens (tertiary/aromatic N) is 2. The fourth-order valence-corrected chi connectivity index (χ4v) is 3.99. The average molecular weight is 402 g/mol. The molecule has 2 N–H and O–H groups in total. The van der Waals surface area contributed by atoms with Gasteiger partial charge in [-0.05, 0) is 31.4 Å².